The molecule has 0 aromatic heterocycles. The van der Waals surface area contributed by atoms with Crippen LogP contribution in [0.1, 0.15) is 39.9 Å². The van der Waals surface area contributed by atoms with E-state index in [4.69, 9.17) is 17.0 Å². The third kappa shape index (κ3) is 5.61. The van der Waals surface area contributed by atoms with Crippen LogP contribution in [-0.4, -0.2) is 11.6 Å². The summed E-state index contributed by atoms with van der Waals surface area (Å²) in [6.45, 7) is 0.407. The summed E-state index contributed by atoms with van der Waals surface area (Å²) in [7, 11) is 0. The maximum Gasteiger partial charge on any atom is 0.248 e. The van der Waals surface area contributed by atoms with Gasteiger partial charge in [0.1, 0.15) is 0 Å². The fourth-order valence-electron chi connectivity index (χ4n) is 2.45. The molecule has 0 spiro atoms. The molecule has 2 aromatic rings. The van der Waals surface area contributed by atoms with Gasteiger partial charge in [-0.15, -0.1) is 0 Å². The molecule has 0 aliphatic rings. The summed E-state index contributed by atoms with van der Waals surface area (Å²) >= 11 is 0. The molecule has 5 heteroatoms. The highest BCUT2D eigenvalue weighted by molar-refractivity contribution is 5.92. The average molecular weight is 325 g/mol. The average Bonchev–Trinajstić information content (AvgIpc) is 2.60. The molecule has 2 rings (SSSR count). The molecule has 0 aliphatic carbocycles. The summed E-state index contributed by atoms with van der Waals surface area (Å²) in [4.78, 5) is 15.6. The molecule has 0 unspecified atom stereocenters. The maximum atomic E-state index is 11.0. The fourth-order valence-corrected chi connectivity index (χ4v) is 2.45. The summed E-state index contributed by atoms with van der Waals surface area (Å²) in [6, 6.07) is 15.3. The van der Waals surface area contributed by atoms with Crippen LogP contribution < -0.4 is 11.6 Å². The SMILES string of the molecule is N=C(CCc1ccc(CON)cc1)CCc1ccc(C(N)=O)cc1. The first-order valence-electron chi connectivity index (χ1n) is 7.93. The number of hydrogen-bond donors (Lipinski definition) is 3. The van der Waals surface area contributed by atoms with Gasteiger partial charge in [-0.3, -0.25) is 9.63 Å². The van der Waals surface area contributed by atoms with E-state index in [1.165, 1.54) is 5.56 Å². The van der Waals surface area contributed by atoms with Gasteiger partial charge in [-0.1, -0.05) is 36.4 Å². The predicted molar refractivity (Wildman–Crippen MR) is 94.7 cm³/mol. The Hall–Kier alpha value is -2.50. The minimum absolute atomic E-state index is 0.407. The Balaban J connectivity index is 1.75. The van der Waals surface area contributed by atoms with Gasteiger partial charge in [0.05, 0.1) is 6.61 Å². The molecule has 0 bridgehead atoms. The first kappa shape index (κ1) is 17.8. The van der Waals surface area contributed by atoms with Gasteiger partial charge in [0.25, 0.3) is 0 Å². The smallest absolute Gasteiger partial charge is 0.248 e. The number of nitrogens with two attached hydrogens (primary N) is 2. The second kappa shape index (κ2) is 8.96. The molecule has 24 heavy (non-hydrogen) atoms. The van der Waals surface area contributed by atoms with Gasteiger partial charge in [-0.25, -0.2) is 5.90 Å². The van der Waals surface area contributed by atoms with Crippen LogP contribution in [0.4, 0.5) is 0 Å². The lowest BCUT2D eigenvalue weighted by Gasteiger charge is -2.06. The van der Waals surface area contributed by atoms with Crippen molar-refractivity contribution < 1.29 is 9.63 Å². The number of carbonyl (C=O) groups is 1. The van der Waals surface area contributed by atoms with Crippen molar-refractivity contribution in [1.82, 2.24) is 0 Å². The maximum absolute atomic E-state index is 11.0. The van der Waals surface area contributed by atoms with Gasteiger partial charge >= 0.3 is 0 Å². The quantitative estimate of drug-likeness (QED) is 0.488. The highest BCUT2D eigenvalue weighted by atomic mass is 16.6. The zero-order chi connectivity index (χ0) is 17.4. The molecule has 0 atom stereocenters. The Bertz CT molecular complexity index is 679. The second-order valence-corrected chi connectivity index (χ2v) is 5.79. The molecule has 0 saturated carbocycles. The van der Waals surface area contributed by atoms with Crippen molar-refractivity contribution in [3.63, 3.8) is 0 Å². The summed E-state index contributed by atoms with van der Waals surface area (Å²) in [5.41, 5.74) is 9.80. The van der Waals surface area contributed by atoms with E-state index in [0.29, 0.717) is 12.2 Å². The van der Waals surface area contributed by atoms with Crippen LogP contribution in [0.3, 0.4) is 0 Å². The number of carbonyl (C=O) groups excluding carboxylic acids is 1. The van der Waals surface area contributed by atoms with Crippen LogP contribution >= 0.6 is 0 Å². The molecule has 0 heterocycles. The molecule has 1 amide bonds. The number of nitrogens with one attached hydrogen (secondary N) is 1. The van der Waals surface area contributed by atoms with E-state index in [1.807, 2.05) is 36.4 Å². The third-order valence-electron chi connectivity index (χ3n) is 3.94. The van der Waals surface area contributed by atoms with Crippen molar-refractivity contribution in [3.8, 4) is 0 Å². The normalized spacial score (nSPS) is 10.5. The Morgan fingerprint density at radius 1 is 0.875 bits per heavy atom. The van der Waals surface area contributed by atoms with Gasteiger partial charge in [0.2, 0.25) is 5.91 Å². The van der Waals surface area contributed by atoms with E-state index in [1.54, 1.807) is 12.1 Å². The van der Waals surface area contributed by atoms with Crippen LogP contribution in [-0.2, 0) is 24.3 Å². The molecular weight excluding hydrogens is 302 g/mol. The fraction of sp³-hybridized carbons (Fsp3) is 0.263. The Kier molecular flexibility index (Phi) is 6.66. The molecular formula is C19H23N3O2. The first-order chi connectivity index (χ1) is 11.6. The highest BCUT2D eigenvalue weighted by Gasteiger charge is 2.03. The molecule has 0 fully saturated rings. The minimum Gasteiger partial charge on any atom is -0.366 e. The zero-order valence-corrected chi connectivity index (χ0v) is 13.6. The summed E-state index contributed by atoms with van der Waals surface area (Å²) < 4.78 is 0. The van der Waals surface area contributed by atoms with Crippen molar-refractivity contribution in [2.75, 3.05) is 0 Å². The molecule has 126 valence electrons. The van der Waals surface area contributed by atoms with Crippen molar-refractivity contribution in [1.29, 1.82) is 5.41 Å². The van der Waals surface area contributed by atoms with Gasteiger partial charge in [0.15, 0.2) is 0 Å². The lowest BCUT2D eigenvalue weighted by molar-refractivity contribution is 0.100. The summed E-state index contributed by atoms with van der Waals surface area (Å²) in [6.07, 6.45) is 3.11. The molecule has 2 aromatic carbocycles. The number of rotatable bonds is 9. The third-order valence-corrected chi connectivity index (χ3v) is 3.94. The highest BCUT2D eigenvalue weighted by Crippen LogP contribution is 2.11. The van der Waals surface area contributed by atoms with E-state index in [0.717, 1.165) is 42.5 Å². The number of primary amides is 1. The largest absolute Gasteiger partial charge is 0.366 e. The number of benzene rings is 2. The number of hydrogen-bond acceptors (Lipinski definition) is 4. The van der Waals surface area contributed by atoms with Gasteiger partial charge in [-0.05, 0) is 54.5 Å². The van der Waals surface area contributed by atoms with Gasteiger partial charge in [-0.2, -0.15) is 0 Å². The van der Waals surface area contributed by atoms with E-state index in [2.05, 4.69) is 4.84 Å². The lowest BCUT2D eigenvalue weighted by Crippen LogP contribution is -2.10. The standard InChI is InChI=1S/C19H23N3O2/c20-18(11-7-14-1-3-16(4-2-14)13-24-22)12-8-15-5-9-17(10-6-15)19(21)23/h1-6,9-10,20H,7-8,11-13,22H2,(H2,21,23). The molecule has 5 N–H and O–H groups in total. The van der Waals surface area contributed by atoms with Crippen molar-refractivity contribution in [2.45, 2.75) is 32.3 Å². The molecule has 5 nitrogen and oxygen atoms in total. The first-order valence-corrected chi connectivity index (χ1v) is 7.93. The van der Waals surface area contributed by atoms with E-state index in [-0.39, 0.29) is 0 Å². The predicted octanol–water partition coefficient (Wildman–Crippen LogP) is 2.76. The van der Waals surface area contributed by atoms with Crippen LogP contribution in [0.25, 0.3) is 0 Å². The molecule has 0 aliphatic heterocycles. The zero-order valence-electron chi connectivity index (χ0n) is 13.6. The van der Waals surface area contributed by atoms with Crippen molar-refractivity contribution in [2.24, 2.45) is 11.6 Å². The second-order valence-electron chi connectivity index (χ2n) is 5.79. The van der Waals surface area contributed by atoms with Crippen LogP contribution in [0, 0.1) is 5.41 Å². The summed E-state index contributed by atoms with van der Waals surface area (Å²) in [5.74, 6) is 4.63. The van der Waals surface area contributed by atoms with Crippen molar-refractivity contribution in [3.05, 3.63) is 70.8 Å². The molecule has 0 saturated heterocycles. The van der Waals surface area contributed by atoms with E-state index >= 15 is 0 Å². The number of aryl methyl sites for hydroxylation is 2. The Morgan fingerprint density at radius 2 is 1.33 bits per heavy atom. The monoisotopic (exact) mass is 325 g/mol. The lowest BCUT2D eigenvalue weighted by atomic mass is 10.0. The van der Waals surface area contributed by atoms with Gasteiger partial charge < -0.3 is 11.1 Å². The summed E-state index contributed by atoms with van der Waals surface area (Å²) in [5, 5.41) is 8.10. The van der Waals surface area contributed by atoms with E-state index in [9.17, 15) is 4.79 Å². The van der Waals surface area contributed by atoms with Crippen molar-refractivity contribution >= 4 is 11.6 Å². The molecule has 0 radical (unpaired) electrons. The van der Waals surface area contributed by atoms with Crippen LogP contribution in [0.15, 0.2) is 48.5 Å². The Labute approximate surface area is 142 Å². The number of amides is 1. The Morgan fingerprint density at radius 3 is 1.79 bits per heavy atom. The topological polar surface area (TPSA) is 102 Å². The minimum atomic E-state index is -0.418. The van der Waals surface area contributed by atoms with E-state index < -0.39 is 5.91 Å². The van der Waals surface area contributed by atoms with Crippen LogP contribution in [0.2, 0.25) is 0 Å². The van der Waals surface area contributed by atoms with Crippen LogP contribution in [0.5, 0.6) is 0 Å². The van der Waals surface area contributed by atoms with Gasteiger partial charge in [0, 0.05) is 11.3 Å².